The number of benzene rings is 1. The number of phosphoric ester groups is 1. The molecule has 4 aromatic heterocycles. The molecule has 5 aliphatic heterocycles. The van der Waals surface area contributed by atoms with Gasteiger partial charge in [0.2, 0.25) is 11.8 Å². The molecule has 3 fully saturated rings. The summed E-state index contributed by atoms with van der Waals surface area (Å²) in [4.78, 5) is 109. The molecule has 22 nitrogen and oxygen atoms in total. The van der Waals surface area contributed by atoms with Crippen molar-refractivity contribution in [2.75, 3.05) is 73.1 Å². The molecule has 9 heterocycles. The summed E-state index contributed by atoms with van der Waals surface area (Å²) >= 11 is 0. The number of methoxy groups -OCH3 is 1. The van der Waals surface area contributed by atoms with Crippen LogP contribution in [0, 0.1) is 5.41 Å². The Labute approximate surface area is 438 Å². The van der Waals surface area contributed by atoms with Gasteiger partial charge in [-0.15, -0.1) is 0 Å². The highest BCUT2D eigenvalue weighted by atomic mass is 31.2. The van der Waals surface area contributed by atoms with Crippen LogP contribution in [0.4, 0.5) is 28.7 Å². The number of rotatable bonds is 13. The Bertz CT molecular complexity index is 3230. The van der Waals surface area contributed by atoms with Crippen LogP contribution in [0.15, 0.2) is 67.1 Å². The van der Waals surface area contributed by atoms with Crippen LogP contribution in [0.3, 0.4) is 0 Å². The largest absolute Gasteiger partial charge is 0.480 e. The maximum Gasteiger partial charge on any atom is 0.471 e. The van der Waals surface area contributed by atoms with E-state index in [-0.39, 0.29) is 47.9 Å². The van der Waals surface area contributed by atoms with E-state index in [1.54, 1.807) is 42.6 Å². The van der Waals surface area contributed by atoms with Gasteiger partial charge < -0.3 is 39.3 Å². The molecule has 5 aromatic rings. The highest BCUT2D eigenvalue weighted by Gasteiger charge is 2.48. The van der Waals surface area contributed by atoms with E-state index in [4.69, 9.17) is 19.5 Å². The fraction of sp³-hybridized carbons (Fsp3) is 0.434. The number of likely N-dealkylation sites (tertiary alicyclic amines) is 1. The van der Waals surface area contributed by atoms with Gasteiger partial charge in [-0.05, 0) is 104 Å². The molecule has 0 bridgehead atoms. The zero-order chi connectivity index (χ0) is 53.4. The summed E-state index contributed by atoms with van der Waals surface area (Å²) in [5.74, 6) is -1.75. The first-order valence-electron chi connectivity index (χ1n) is 25.6. The summed E-state index contributed by atoms with van der Waals surface area (Å²) in [6, 6.07) is 14.0. The van der Waals surface area contributed by atoms with Crippen molar-refractivity contribution in [1.82, 2.24) is 34.2 Å². The fourth-order valence-corrected chi connectivity index (χ4v) is 12.4. The number of piperazine rings is 1. The summed E-state index contributed by atoms with van der Waals surface area (Å²) in [5.41, 5.74) is 7.88. The maximum atomic E-state index is 14.0. The monoisotopic (exact) mass is 1060 g/mol. The molecule has 0 spiro atoms. The molecule has 3 saturated heterocycles. The third-order valence-electron chi connectivity index (χ3n) is 15.8. The number of anilines is 5. The lowest BCUT2D eigenvalue weighted by Crippen LogP contribution is -2.57. The predicted octanol–water partition coefficient (Wildman–Crippen LogP) is 4.73. The Morgan fingerprint density at radius 3 is 2.32 bits per heavy atom. The minimum atomic E-state index is -5.00. The second-order valence-electron chi connectivity index (χ2n) is 21.2. The Morgan fingerprint density at radius 1 is 0.816 bits per heavy atom. The number of carbonyl (C=O) groups is 5. The van der Waals surface area contributed by atoms with Gasteiger partial charge >= 0.3 is 7.82 Å². The van der Waals surface area contributed by atoms with Crippen molar-refractivity contribution in [1.29, 1.82) is 0 Å². The number of piperidine rings is 2. The SMILES string of the molecule is COc1ncc(-c2ccnc(N3CCn4c(cc5c4CC(C)(C)C5)C3=O)c2CO)cc1Nc1ccc(N2CCN(C3CCN(c4ccc5c(c4)C(=O)N([C@H]4CCC(=O)N(COP(=O)(O)O)C4=O)C5=O)CC3)C[C@@H]2C)cn1. The van der Waals surface area contributed by atoms with Crippen LogP contribution >= 0.6 is 7.82 Å². The lowest BCUT2D eigenvalue weighted by molar-refractivity contribution is -0.155. The van der Waals surface area contributed by atoms with Gasteiger partial charge in [0.05, 0.1) is 36.7 Å². The molecule has 1 aliphatic carbocycles. The van der Waals surface area contributed by atoms with Crippen molar-refractivity contribution in [2.24, 2.45) is 5.41 Å². The molecule has 0 unspecified atom stereocenters. The van der Waals surface area contributed by atoms with Gasteiger partial charge in [-0.2, -0.15) is 0 Å². The molecule has 398 valence electrons. The quantitative estimate of drug-likeness (QED) is 0.0918. The van der Waals surface area contributed by atoms with Gasteiger partial charge in [0, 0.05) is 99.2 Å². The van der Waals surface area contributed by atoms with E-state index in [2.05, 4.69) is 59.8 Å². The second-order valence-corrected chi connectivity index (χ2v) is 22.4. The lowest BCUT2D eigenvalue weighted by atomic mass is 9.90. The van der Waals surface area contributed by atoms with Crippen molar-refractivity contribution in [2.45, 2.75) is 90.6 Å². The van der Waals surface area contributed by atoms with Crippen LogP contribution < -0.4 is 24.8 Å². The van der Waals surface area contributed by atoms with Crippen LogP contribution in [0.1, 0.15) is 94.5 Å². The third kappa shape index (κ3) is 9.40. The third-order valence-corrected chi connectivity index (χ3v) is 16.3. The molecule has 2 atom stereocenters. The molecule has 0 radical (unpaired) electrons. The normalized spacial score (nSPS) is 21.1. The van der Waals surface area contributed by atoms with E-state index in [0.29, 0.717) is 69.6 Å². The Morgan fingerprint density at radius 2 is 1.59 bits per heavy atom. The molecule has 11 rings (SSSR count). The van der Waals surface area contributed by atoms with Gasteiger partial charge in [-0.3, -0.25) is 48.1 Å². The predicted molar refractivity (Wildman–Crippen MR) is 278 cm³/mol. The van der Waals surface area contributed by atoms with Crippen LogP contribution in [-0.2, 0) is 44.7 Å². The number of hydrogen-bond acceptors (Lipinski definition) is 16. The summed E-state index contributed by atoms with van der Waals surface area (Å²) < 4.78 is 23.5. The Hall–Kier alpha value is -7.07. The van der Waals surface area contributed by atoms with Crippen molar-refractivity contribution >= 4 is 66.1 Å². The number of nitrogens with one attached hydrogen (secondary N) is 1. The van der Waals surface area contributed by atoms with E-state index in [9.17, 15) is 33.6 Å². The highest BCUT2D eigenvalue weighted by Crippen LogP contribution is 2.42. The first-order chi connectivity index (χ1) is 36.4. The summed E-state index contributed by atoms with van der Waals surface area (Å²) in [6.07, 6.45) is 8.52. The summed E-state index contributed by atoms with van der Waals surface area (Å²) in [6.45, 7) is 10.4. The van der Waals surface area contributed by atoms with Crippen molar-refractivity contribution in [3.63, 3.8) is 0 Å². The van der Waals surface area contributed by atoms with Crippen LogP contribution in [-0.4, -0.2) is 150 Å². The fourth-order valence-electron chi connectivity index (χ4n) is 12.1. The van der Waals surface area contributed by atoms with E-state index >= 15 is 0 Å². The second kappa shape index (κ2) is 19.8. The lowest BCUT2D eigenvalue weighted by Gasteiger charge is -2.46. The first-order valence-corrected chi connectivity index (χ1v) is 27.1. The molecular formula is C53H60N11O11P. The molecule has 0 saturated carbocycles. The summed E-state index contributed by atoms with van der Waals surface area (Å²) in [5, 5.41) is 14.2. The van der Waals surface area contributed by atoms with Gasteiger partial charge in [0.25, 0.3) is 23.6 Å². The molecule has 4 N–H and O–H groups in total. The average molecular weight is 1060 g/mol. The minimum Gasteiger partial charge on any atom is -0.480 e. The smallest absolute Gasteiger partial charge is 0.471 e. The number of aromatic nitrogens is 4. The molecule has 5 amide bonds. The number of phosphoric acid groups is 1. The van der Waals surface area contributed by atoms with E-state index < -0.39 is 44.2 Å². The number of amides is 5. The molecular weight excluding hydrogens is 998 g/mol. The average Bonchev–Trinajstić information content (AvgIpc) is 3.99. The Balaban J connectivity index is 0.702. The van der Waals surface area contributed by atoms with Gasteiger partial charge in [0.1, 0.15) is 35.8 Å². The van der Waals surface area contributed by atoms with Crippen molar-refractivity contribution < 1.29 is 52.7 Å². The Kier molecular flexibility index (Phi) is 13.3. The van der Waals surface area contributed by atoms with Gasteiger partial charge in [-0.1, -0.05) is 13.8 Å². The number of imide groups is 2. The van der Waals surface area contributed by atoms with Crippen molar-refractivity contribution in [3.8, 4) is 17.0 Å². The van der Waals surface area contributed by atoms with E-state index in [1.807, 2.05) is 36.5 Å². The minimum absolute atomic E-state index is 0.111. The van der Waals surface area contributed by atoms with Gasteiger partial charge in [0.15, 0.2) is 0 Å². The number of nitrogens with zero attached hydrogens (tertiary/aromatic N) is 10. The molecule has 1 aromatic carbocycles. The van der Waals surface area contributed by atoms with Crippen molar-refractivity contribution in [3.05, 3.63) is 101 Å². The van der Waals surface area contributed by atoms with Crippen LogP contribution in [0.25, 0.3) is 11.1 Å². The first kappa shape index (κ1) is 51.1. The van der Waals surface area contributed by atoms with Crippen LogP contribution in [0.5, 0.6) is 5.88 Å². The number of pyridine rings is 3. The number of hydrogen-bond donors (Lipinski definition) is 4. The standard InChI is InChI=1S/C53H60N11O11P/c1-31-28-59(34-12-15-58(16-13-34)35-5-7-38-39(23-35)50(68)64(49(38)67)42-8-10-46(66)63(51(42)69)30-75-76(71,72)73)17-18-60(31)36-6-9-45(55-27-36)57-41-21-33(26-56-48(41)74-4)37-11-14-54-47(40(37)29-65)62-20-19-61-43(52(62)70)22-32-24-53(2,3)25-44(32)61/h5-7,9,11,14,21-23,26-27,31,34,42,65H,8,10,12-13,15-20,24-25,28-30H2,1-4H3,(H,55,57)(H2,71,72,73)/t31-,42-/m0/s1. The zero-order valence-electron chi connectivity index (χ0n) is 42.7. The van der Waals surface area contributed by atoms with E-state index in [1.165, 1.54) is 11.3 Å². The van der Waals surface area contributed by atoms with Crippen LogP contribution in [0.2, 0.25) is 0 Å². The number of aliphatic hydroxyl groups is 1. The summed E-state index contributed by atoms with van der Waals surface area (Å²) in [7, 11) is -3.45. The highest BCUT2D eigenvalue weighted by molar-refractivity contribution is 7.46. The number of carbonyl (C=O) groups excluding carboxylic acids is 5. The van der Waals surface area contributed by atoms with E-state index in [0.717, 1.165) is 74.7 Å². The zero-order valence-corrected chi connectivity index (χ0v) is 43.6. The topological polar surface area (TPSA) is 257 Å². The molecule has 23 heteroatoms. The van der Waals surface area contributed by atoms with Gasteiger partial charge in [-0.25, -0.2) is 19.5 Å². The number of aliphatic hydroxyl groups excluding tert-OH is 1. The number of ether oxygens (including phenoxy) is 1. The molecule has 6 aliphatic rings. The maximum absolute atomic E-state index is 14.0. The number of fused-ring (bicyclic) bond motifs is 4. The molecule has 76 heavy (non-hydrogen) atoms.